The maximum Gasteiger partial charge on any atom is 0.270 e. The Hall–Kier alpha value is -4.63. The number of carbonyl (C=O) groups is 1. The topological polar surface area (TPSA) is 127 Å². The summed E-state index contributed by atoms with van der Waals surface area (Å²) in [6, 6.07) is 22.6. The average molecular weight is 617 g/mol. The molecule has 2 atom stereocenters. The summed E-state index contributed by atoms with van der Waals surface area (Å²) in [7, 11) is 4.07. The first-order chi connectivity index (χ1) is 22.4. The van der Waals surface area contributed by atoms with Crippen molar-refractivity contribution in [1.82, 2.24) is 20.3 Å². The first-order valence-electron chi connectivity index (χ1n) is 16.4. The van der Waals surface area contributed by atoms with E-state index >= 15 is 0 Å². The molecule has 1 saturated heterocycles. The van der Waals surface area contributed by atoms with Crippen LogP contribution in [0.4, 0.5) is 11.5 Å². The number of carbonyl (C=O) groups excluding carboxylic acids is 1. The molecule has 0 bridgehead atoms. The number of H-pyrrole nitrogens is 1. The highest BCUT2D eigenvalue weighted by Crippen LogP contribution is 2.39. The summed E-state index contributed by atoms with van der Waals surface area (Å²) in [6.07, 6.45) is 9.06. The fourth-order valence-corrected chi connectivity index (χ4v) is 7.40. The summed E-state index contributed by atoms with van der Waals surface area (Å²) in [5.74, 6) is 3.30. The molecular formula is C37H40N6O3. The number of benzene rings is 3. The van der Waals surface area contributed by atoms with Gasteiger partial charge in [-0.25, -0.2) is 9.97 Å². The van der Waals surface area contributed by atoms with Crippen LogP contribution < -0.4 is 10.2 Å². The van der Waals surface area contributed by atoms with Gasteiger partial charge in [0.15, 0.2) is 5.78 Å². The predicted octanol–water partition coefficient (Wildman–Crippen LogP) is 7.49. The summed E-state index contributed by atoms with van der Waals surface area (Å²) >= 11 is 0. The third-order valence-electron chi connectivity index (χ3n) is 9.89. The zero-order valence-corrected chi connectivity index (χ0v) is 26.4. The lowest BCUT2D eigenvalue weighted by molar-refractivity contribution is -0.384. The number of non-ortho nitro benzene ring substituents is 1. The Morgan fingerprint density at radius 2 is 1.67 bits per heavy atom. The molecule has 1 aliphatic carbocycles. The second-order valence-corrected chi connectivity index (χ2v) is 13.2. The molecule has 0 spiro atoms. The first kappa shape index (κ1) is 30.0. The standard InChI is InChI=1S/C37H40N6O3/c1-42(2)37-27-12-6-7-13-29(27)38-32(41-37)14-8-9-23-15-17-24(18-16-23)21-31-34(40-31)36(44)35-33(25-10-4-3-5-11-25)28-22-26(43(45)46)19-20-30(28)39-35/h3-7,10-13,19-20,22-24,31,34,39-40H,8-9,14-18,21H2,1-2H3. The van der Waals surface area contributed by atoms with Gasteiger partial charge in [0, 0.05) is 60.5 Å². The molecule has 2 unspecified atom stereocenters. The smallest absolute Gasteiger partial charge is 0.270 e. The number of ketones is 1. The van der Waals surface area contributed by atoms with Gasteiger partial charge in [-0.05, 0) is 48.4 Å². The number of fused-ring (bicyclic) bond motifs is 2. The zero-order valence-electron chi connectivity index (χ0n) is 26.4. The highest BCUT2D eigenvalue weighted by atomic mass is 16.6. The lowest BCUT2D eigenvalue weighted by atomic mass is 9.78. The number of anilines is 1. The summed E-state index contributed by atoms with van der Waals surface area (Å²) in [6.45, 7) is 0. The van der Waals surface area contributed by atoms with Crippen molar-refractivity contribution in [2.75, 3.05) is 19.0 Å². The number of nitrogens with zero attached hydrogens (tertiary/aromatic N) is 4. The van der Waals surface area contributed by atoms with E-state index in [4.69, 9.17) is 9.97 Å². The van der Waals surface area contributed by atoms with Crippen LogP contribution in [0.25, 0.3) is 32.9 Å². The normalized spacial score (nSPS) is 21.0. The Bertz CT molecular complexity index is 1890. The number of hydrogen-bond acceptors (Lipinski definition) is 7. The van der Waals surface area contributed by atoms with E-state index < -0.39 is 4.92 Å². The van der Waals surface area contributed by atoms with Crippen molar-refractivity contribution in [1.29, 1.82) is 0 Å². The molecular weight excluding hydrogens is 576 g/mol. The Labute approximate surface area is 268 Å². The minimum atomic E-state index is -0.393. The van der Waals surface area contributed by atoms with Gasteiger partial charge >= 0.3 is 0 Å². The van der Waals surface area contributed by atoms with Crippen LogP contribution in [-0.2, 0) is 6.42 Å². The molecule has 0 amide bonds. The van der Waals surface area contributed by atoms with Crippen molar-refractivity contribution >= 4 is 39.1 Å². The fourth-order valence-electron chi connectivity index (χ4n) is 7.40. The van der Waals surface area contributed by atoms with E-state index in [-0.39, 0.29) is 23.6 Å². The molecule has 9 heteroatoms. The third-order valence-corrected chi connectivity index (χ3v) is 9.89. The molecule has 2 N–H and O–H groups in total. The van der Waals surface area contributed by atoms with Gasteiger partial charge in [-0.1, -0.05) is 74.6 Å². The Morgan fingerprint density at radius 3 is 2.43 bits per heavy atom. The van der Waals surface area contributed by atoms with E-state index in [1.54, 1.807) is 12.1 Å². The van der Waals surface area contributed by atoms with E-state index in [1.807, 2.05) is 56.6 Å². The van der Waals surface area contributed by atoms with Crippen molar-refractivity contribution in [2.24, 2.45) is 11.8 Å². The van der Waals surface area contributed by atoms with Crippen LogP contribution in [0.5, 0.6) is 0 Å². The number of aromatic amines is 1. The van der Waals surface area contributed by atoms with Crippen LogP contribution in [0.1, 0.15) is 61.3 Å². The molecule has 5 aromatic rings. The summed E-state index contributed by atoms with van der Waals surface area (Å²) in [5, 5.41) is 16.7. The third kappa shape index (κ3) is 6.11. The van der Waals surface area contributed by atoms with Gasteiger partial charge in [-0.2, -0.15) is 0 Å². The van der Waals surface area contributed by atoms with Crippen molar-refractivity contribution < 1.29 is 9.72 Å². The molecule has 3 aromatic carbocycles. The molecule has 236 valence electrons. The number of aryl methyl sites for hydroxylation is 1. The maximum absolute atomic E-state index is 13.8. The molecule has 1 saturated carbocycles. The monoisotopic (exact) mass is 616 g/mol. The highest BCUT2D eigenvalue weighted by Gasteiger charge is 2.45. The lowest BCUT2D eigenvalue weighted by Gasteiger charge is -2.28. The van der Waals surface area contributed by atoms with Gasteiger partial charge in [0.05, 0.1) is 22.2 Å². The van der Waals surface area contributed by atoms with Crippen molar-refractivity contribution in [3.8, 4) is 11.1 Å². The maximum atomic E-state index is 13.8. The van der Waals surface area contributed by atoms with Crippen LogP contribution in [0.15, 0.2) is 72.8 Å². The number of Topliss-reactive ketones (excluding diaryl/α,β-unsaturated/α-hetero) is 1. The average Bonchev–Trinajstić information content (AvgIpc) is 3.73. The Morgan fingerprint density at radius 1 is 0.935 bits per heavy atom. The minimum Gasteiger partial charge on any atom is -0.362 e. The van der Waals surface area contributed by atoms with Crippen LogP contribution in [0, 0.1) is 22.0 Å². The van der Waals surface area contributed by atoms with Crippen molar-refractivity contribution in [3.05, 3.63) is 94.4 Å². The van der Waals surface area contributed by atoms with E-state index in [0.29, 0.717) is 17.0 Å². The summed E-state index contributed by atoms with van der Waals surface area (Å²) in [4.78, 5) is 40.0. The zero-order chi connectivity index (χ0) is 31.8. The molecule has 0 radical (unpaired) electrons. The number of nitro groups is 1. The number of nitro benzene ring substituents is 1. The van der Waals surface area contributed by atoms with Crippen LogP contribution >= 0.6 is 0 Å². The Balaban J connectivity index is 0.941. The van der Waals surface area contributed by atoms with Gasteiger partial charge in [0.2, 0.25) is 0 Å². The van der Waals surface area contributed by atoms with Gasteiger partial charge in [-0.15, -0.1) is 0 Å². The first-order valence-corrected chi connectivity index (χ1v) is 16.4. The van der Waals surface area contributed by atoms with Gasteiger partial charge in [0.25, 0.3) is 5.69 Å². The fraction of sp³-hybridized carbons (Fsp3) is 0.378. The van der Waals surface area contributed by atoms with Gasteiger partial charge < -0.3 is 15.2 Å². The predicted molar refractivity (Wildman–Crippen MR) is 182 cm³/mol. The SMILES string of the molecule is CN(C)c1nc(CCCC2CCC(CC3NC3C(=O)c3[nH]c4ccc([N+](=O)[O-])cc4c3-c3ccccc3)CC2)nc2ccccc12. The lowest BCUT2D eigenvalue weighted by Crippen LogP contribution is -2.18. The van der Waals surface area contributed by atoms with E-state index in [9.17, 15) is 14.9 Å². The second kappa shape index (κ2) is 12.6. The second-order valence-electron chi connectivity index (χ2n) is 13.2. The van der Waals surface area contributed by atoms with E-state index in [2.05, 4.69) is 27.3 Å². The summed E-state index contributed by atoms with van der Waals surface area (Å²) in [5.41, 5.74) is 3.89. The summed E-state index contributed by atoms with van der Waals surface area (Å²) < 4.78 is 0. The molecule has 2 aromatic heterocycles. The molecule has 2 aliphatic rings. The highest BCUT2D eigenvalue weighted by molar-refractivity contribution is 6.13. The number of rotatable bonds is 11. The molecule has 2 fully saturated rings. The number of hydrogen-bond donors (Lipinski definition) is 2. The van der Waals surface area contributed by atoms with E-state index in [1.165, 1.54) is 38.2 Å². The van der Waals surface area contributed by atoms with Crippen LogP contribution in [0.3, 0.4) is 0 Å². The van der Waals surface area contributed by atoms with Gasteiger partial charge in [0.1, 0.15) is 11.6 Å². The quantitative estimate of drug-likeness (QED) is 0.0681. The molecule has 7 rings (SSSR count). The van der Waals surface area contributed by atoms with Gasteiger partial charge in [-0.3, -0.25) is 14.9 Å². The van der Waals surface area contributed by atoms with Crippen molar-refractivity contribution in [2.45, 2.75) is 63.5 Å². The number of aromatic nitrogens is 3. The van der Waals surface area contributed by atoms with Crippen molar-refractivity contribution in [3.63, 3.8) is 0 Å². The molecule has 9 nitrogen and oxygen atoms in total. The molecule has 1 aliphatic heterocycles. The van der Waals surface area contributed by atoms with Crippen LogP contribution in [-0.4, -0.2) is 51.8 Å². The van der Waals surface area contributed by atoms with E-state index in [0.717, 1.165) is 64.4 Å². The largest absolute Gasteiger partial charge is 0.362 e. The Kier molecular flexibility index (Phi) is 8.25. The van der Waals surface area contributed by atoms with Crippen LogP contribution in [0.2, 0.25) is 0 Å². The number of para-hydroxylation sites is 1. The minimum absolute atomic E-state index is 0.0150. The number of nitrogens with one attached hydrogen (secondary N) is 2. The molecule has 3 heterocycles. The molecule has 46 heavy (non-hydrogen) atoms.